The lowest BCUT2D eigenvalue weighted by Crippen LogP contribution is -2.45. The zero-order chi connectivity index (χ0) is 23.7. The lowest BCUT2D eigenvalue weighted by molar-refractivity contribution is 0.118. The Hall–Kier alpha value is -3.06. The first-order chi connectivity index (χ1) is 16.5. The summed E-state index contributed by atoms with van der Waals surface area (Å²) in [6.07, 6.45) is 2.51. The van der Waals surface area contributed by atoms with E-state index in [4.69, 9.17) is 28.3 Å². The van der Waals surface area contributed by atoms with Crippen molar-refractivity contribution in [2.24, 2.45) is 0 Å². The number of urea groups is 1. The van der Waals surface area contributed by atoms with Gasteiger partial charge >= 0.3 is 6.03 Å². The van der Waals surface area contributed by atoms with E-state index < -0.39 is 0 Å². The number of hydrogen-bond acceptors (Lipinski definition) is 3. The Morgan fingerprint density at radius 1 is 0.941 bits per heavy atom. The molecule has 0 unspecified atom stereocenters. The van der Waals surface area contributed by atoms with Crippen LogP contribution < -0.4 is 10.2 Å². The Morgan fingerprint density at radius 3 is 2.41 bits per heavy atom. The monoisotopic (exact) mass is 494 g/mol. The van der Waals surface area contributed by atoms with Crippen LogP contribution in [0.1, 0.15) is 25.7 Å². The first kappa shape index (κ1) is 22.7. The zero-order valence-corrected chi connectivity index (χ0v) is 19.9. The lowest BCUT2D eigenvalue weighted by Gasteiger charge is -2.30. The van der Waals surface area contributed by atoms with E-state index in [-0.39, 0.29) is 18.2 Å². The van der Waals surface area contributed by atoms with Gasteiger partial charge in [0.1, 0.15) is 0 Å². The first-order valence-corrected chi connectivity index (χ1v) is 12.0. The van der Waals surface area contributed by atoms with Gasteiger partial charge in [0, 0.05) is 21.5 Å². The molecule has 1 aromatic heterocycles. The van der Waals surface area contributed by atoms with Crippen molar-refractivity contribution in [1.82, 2.24) is 15.1 Å². The largest absolute Gasteiger partial charge is 0.393 e. The molecule has 1 heterocycles. The van der Waals surface area contributed by atoms with Gasteiger partial charge in [0.25, 0.3) is 0 Å². The second-order valence-corrected chi connectivity index (χ2v) is 9.37. The van der Waals surface area contributed by atoms with Crippen LogP contribution in [-0.2, 0) is 0 Å². The summed E-state index contributed by atoms with van der Waals surface area (Å²) in [7, 11) is 0. The number of carbonyl (C=O) groups is 1. The van der Waals surface area contributed by atoms with Crippen molar-refractivity contribution in [3.8, 4) is 5.69 Å². The summed E-state index contributed by atoms with van der Waals surface area (Å²) in [6, 6.07) is 22.0. The maximum absolute atomic E-state index is 13.8. The number of halogens is 2. The average Bonchev–Trinajstić information content (AvgIpc) is 3.21. The van der Waals surface area contributed by atoms with Gasteiger partial charge < -0.3 is 10.4 Å². The molecule has 5 rings (SSSR count). The van der Waals surface area contributed by atoms with E-state index >= 15 is 0 Å². The number of anilines is 2. The number of aliphatic hydroxyl groups excluding tert-OH is 1. The van der Waals surface area contributed by atoms with Crippen molar-refractivity contribution in [2.45, 2.75) is 37.8 Å². The second-order valence-electron chi connectivity index (χ2n) is 8.50. The topological polar surface area (TPSA) is 70.4 Å². The number of aromatic nitrogens is 2. The van der Waals surface area contributed by atoms with Crippen LogP contribution in [0.25, 0.3) is 16.6 Å². The predicted octanol–water partition coefficient (Wildman–Crippen LogP) is 6.48. The Labute approximate surface area is 207 Å². The summed E-state index contributed by atoms with van der Waals surface area (Å²) < 4.78 is 1.76. The molecule has 2 amide bonds. The van der Waals surface area contributed by atoms with Crippen LogP contribution in [0.4, 0.5) is 16.3 Å². The molecule has 0 spiro atoms. The van der Waals surface area contributed by atoms with Crippen molar-refractivity contribution in [2.75, 3.05) is 4.90 Å². The Kier molecular flexibility index (Phi) is 6.46. The summed E-state index contributed by atoms with van der Waals surface area (Å²) >= 11 is 12.5. The van der Waals surface area contributed by atoms with Gasteiger partial charge in [0.2, 0.25) is 0 Å². The molecule has 3 aromatic carbocycles. The van der Waals surface area contributed by atoms with E-state index in [0.717, 1.165) is 29.4 Å². The van der Waals surface area contributed by atoms with Gasteiger partial charge in [-0.2, -0.15) is 5.10 Å². The van der Waals surface area contributed by atoms with Crippen LogP contribution in [0.5, 0.6) is 0 Å². The van der Waals surface area contributed by atoms with Crippen molar-refractivity contribution in [3.05, 3.63) is 82.8 Å². The van der Waals surface area contributed by atoms with Crippen LogP contribution in [0, 0.1) is 0 Å². The molecule has 6 nitrogen and oxygen atoms in total. The van der Waals surface area contributed by atoms with E-state index in [1.165, 1.54) is 0 Å². The van der Waals surface area contributed by atoms with Gasteiger partial charge in [-0.05, 0) is 80.3 Å². The third-order valence-electron chi connectivity index (χ3n) is 6.13. The van der Waals surface area contributed by atoms with Crippen molar-refractivity contribution >= 4 is 51.6 Å². The average molecular weight is 495 g/mol. The molecule has 174 valence electrons. The number of carbonyl (C=O) groups excluding carboxylic acids is 1. The minimum atomic E-state index is -0.299. The standard InChI is InChI=1S/C26H24Cl2N4O2/c27-17-8-12-20(13-9-17)32-25(23-6-1-2-7-24(23)30-32)31(21-5-3-4-18(28)16-21)26(34)29-19-10-14-22(33)15-11-19/h1-9,12-13,16,19,22,33H,10-11,14-15H2,(H,29,34)/t19-,22-. The fraction of sp³-hybridized carbons (Fsp3) is 0.231. The molecule has 2 N–H and O–H groups in total. The van der Waals surface area contributed by atoms with Gasteiger partial charge in [-0.25, -0.2) is 14.4 Å². The van der Waals surface area contributed by atoms with E-state index in [2.05, 4.69) is 5.32 Å². The highest BCUT2D eigenvalue weighted by atomic mass is 35.5. The van der Waals surface area contributed by atoms with E-state index in [0.29, 0.717) is 34.4 Å². The van der Waals surface area contributed by atoms with Gasteiger partial charge in [-0.3, -0.25) is 0 Å². The van der Waals surface area contributed by atoms with Crippen LogP contribution in [-0.4, -0.2) is 33.1 Å². The smallest absolute Gasteiger partial charge is 0.327 e. The normalized spacial score (nSPS) is 18.1. The summed E-state index contributed by atoms with van der Waals surface area (Å²) in [4.78, 5) is 15.5. The number of fused-ring (bicyclic) bond motifs is 1. The summed E-state index contributed by atoms with van der Waals surface area (Å²) in [5, 5.41) is 19.8. The number of amides is 2. The highest BCUT2D eigenvalue weighted by Crippen LogP contribution is 2.36. The minimum absolute atomic E-state index is 0.0178. The summed E-state index contributed by atoms with van der Waals surface area (Å²) in [5.41, 5.74) is 2.16. The van der Waals surface area contributed by atoms with E-state index in [1.807, 2.05) is 48.5 Å². The highest BCUT2D eigenvalue weighted by Gasteiger charge is 2.29. The number of nitrogens with zero attached hydrogens (tertiary/aromatic N) is 3. The molecular weight excluding hydrogens is 471 g/mol. The van der Waals surface area contributed by atoms with Crippen molar-refractivity contribution in [3.63, 3.8) is 0 Å². The fourth-order valence-electron chi connectivity index (χ4n) is 4.41. The molecule has 1 saturated carbocycles. The molecule has 8 heteroatoms. The van der Waals surface area contributed by atoms with Gasteiger partial charge in [-0.15, -0.1) is 0 Å². The molecule has 0 saturated heterocycles. The first-order valence-electron chi connectivity index (χ1n) is 11.3. The molecule has 1 aliphatic carbocycles. The number of rotatable bonds is 4. The van der Waals surface area contributed by atoms with Crippen LogP contribution >= 0.6 is 23.2 Å². The fourth-order valence-corrected chi connectivity index (χ4v) is 4.72. The molecule has 0 atom stereocenters. The van der Waals surface area contributed by atoms with E-state index in [1.54, 1.807) is 33.8 Å². The molecule has 34 heavy (non-hydrogen) atoms. The van der Waals surface area contributed by atoms with Gasteiger partial charge in [0.15, 0.2) is 5.82 Å². The highest BCUT2D eigenvalue weighted by molar-refractivity contribution is 6.31. The van der Waals surface area contributed by atoms with Crippen LogP contribution in [0.15, 0.2) is 72.8 Å². The maximum atomic E-state index is 13.8. The van der Waals surface area contributed by atoms with Crippen molar-refractivity contribution in [1.29, 1.82) is 0 Å². The molecule has 1 fully saturated rings. The molecule has 0 aliphatic heterocycles. The molecular formula is C26H24Cl2N4O2. The van der Waals surface area contributed by atoms with Gasteiger partial charge in [0.05, 0.1) is 23.0 Å². The zero-order valence-electron chi connectivity index (χ0n) is 18.4. The number of hydrogen-bond donors (Lipinski definition) is 2. The second kappa shape index (κ2) is 9.66. The number of aliphatic hydroxyl groups is 1. The summed E-state index contributed by atoms with van der Waals surface area (Å²) in [5.74, 6) is 0.605. The maximum Gasteiger partial charge on any atom is 0.327 e. The quantitative estimate of drug-likeness (QED) is 0.340. The predicted molar refractivity (Wildman–Crippen MR) is 136 cm³/mol. The number of benzene rings is 3. The minimum Gasteiger partial charge on any atom is -0.393 e. The van der Waals surface area contributed by atoms with Crippen LogP contribution in [0.3, 0.4) is 0 Å². The van der Waals surface area contributed by atoms with Gasteiger partial charge in [-0.1, -0.05) is 41.4 Å². The van der Waals surface area contributed by atoms with Crippen LogP contribution in [0.2, 0.25) is 10.0 Å². The Balaban J connectivity index is 1.65. The summed E-state index contributed by atoms with van der Waals surface area (Å²) in [6.45, 7) is 0. The Bertz CT molecular complexity index is 1310. The molecule has 0 bridgehead atoms. The third-order valence-corrected chi connectivity index (χ3v) is 6.62. The lowest BCUT2D eigenvalue weighted by atomic mass is 9.93. The third kappa shape index (κ3) is 4.62. The molecule has 0 radical (unpaired) electrons. The van der Waals surface area contributed by atoms with E-state index in [9.17, 15) is 9.90 Å². The molecule has 1 aliphatic rings. The number of nitrogens with one attached hydrogen (secondary N) is 1. The SMILES string of the molecule is O=C(N[C@H]1CC[C@H](O)CC1)N(c1cccc(Cl)c1)c1c2ccccc2nn1-c1ccc(Cl)cc1. The van der Waals surface area contributed by atoms with Crippen molar-refractivity contribution < 1.29 is 9.90 Å². The molecule has 4 aromatic rings. The Morgan fingerprint density at radius 2 is 1.68 bits per heavy atom.